The van der Waals surface area contributed by atoms with Crippen molar-refractivity contribution in [3.8, 4) is 0 Å². The zero-order chi connectivity index (χ0) is 17.1. The highest BCUT2D eigenvalue weighted by molar-refractivity contribution is 6.31. The summed E-state index contributed by atoms with van der Waals surface area (Å²) in [6.45, 7) is 2.77. The van der Waals surface area contributed by atoms with Crippen LogP contribution in [0.5, 0.6) is 0 Å². The molecule has 2 aliphatic rings. The Kier molecular flexibility index (Phi) is 3.60. The Balaban J connectivity index is 1.68. The molecular formula is C17H20ClN3O3. The largest absolute Gasteiger partial charge is 0.387 e. The number of piperidine rings is 1. The van der Waals surface area contributed by atoms with Crippen LogP contribution in [-0.2, 0) is 10.3 Å². The van der Waals surface area contributed by atoms with Gasteiger partial charge < -0.3 is 15.1 Å². The minimum atomic E-state index is -0.674. The molecule has 1 fully saturated rings. The molecule has 4 rings (SSSR count). The van der Waals surface area contributed by atoms with Crippen LogP contribution in [0.4, 0.5) is 0 Å². The standard InChI is InChI=1S/C17H20ClN3O3/c1-17(11-2-4-20(5-3-11)14(23)9-22)16(24)13-7-12(18)6-10-8-19-21(17)15(10)13/h6-8,11,16,22,24H,2-5,9H2,1H3. The van der Waals surface area contributed by atoms with E-state index in [2.05, 4.69) is 5.10 Å². The number of aliphatic hydroxyl groups excluding tert-OH is 2. The predicted molar refractivity (Wildman–Crippen MR) is 89.7 cm³/mol. The van der Waals surface area contributed by atoms with E-state index in [4.69, 9.17) is 16.7 Å². The van der Waals surface area contributed by atoms with Crippen molar-refractivity contribution in [1.29, 1.82) is 0 Å². The molecule has 24 heavy (non-hydrogen) atoms. The van der Waals surface area contributed by atoms with Gasteiger partial charge in [0.2, 0.25) is 5.91 Å². The summed E-state index contributed by atoms with van der Waals surface area (Å²) in [6, 6.07) is 3.69. The van der Waals surface area contributed by atoms with Crippen LogP contribution >= 0.6 is 11.6 Å². The van der Waals surface area contributed by atoms with E-state index < -0.39 is 18.2 Å². The second-order valence-corrected chi connectivity index (χ2v) is 7.37. The molecule has 128 valence electrons. The Morgan fingerprint density at radius 2 is 2.12 bits per heavy atom. The number of carbonyl (C=O) groups is 1. The van der Waals surface area contributed by atoms with Crippen LogP contribution in [0.1, 0.15) is 31.4 Å². The molecule has 1 saturated heterocycles. The number of carbonyl (C=O) groups excluding carboxylic acids is 1. The molecule has 1 aromatic carbocycles. The number of benzene rings is 1. The van der Waals surface area contributed by atoms with Crippen molar-refractivity contribution in [3.63, 3.8) is 0 Å². The van der Waals surface area contributed by atoms with Crippen LogP contribution in [0.3, 0.4) is 0 Å². The first-order valence-electron chi connectivity index (χ1n) is 8.21. The fraction of sp³-hybridized carbons (Fsp3) is 0.529. The van der Waals surface area contributed by atoms with Gasteiger partial charge in [-0.2, -0.15) is 5.10 Å². The molecule has 2 unspecified atom stereocenters. The van der Waals surface area contributed by atoms with Gasteiger partial charge in [0.05, 0.1) is 17.3 Å². The molecule has 1 aromatic heterocycles. The number of aliphatic hydroxyl groups is 2. The third kappa shape index (κ3) is 2.03. The number of aromatic nitrogens is 2. The normalized spacial score (nSPS) is 27.2. The van der Waals surface area contributed by atoms with E-state index in [1.165, 1.54) is 0 Å². The van der Waals surface area contributed by atoms with E-state index in [0.29, 0.717) is 18.1 Å². The second kappa shape index (κ2) is 5.44. The van der Waals surface area contributed by atoms with Crippen molar-refractivity contribution < 1.29 is 15.0 Å². The molecule has 0 aliphatic carbocycles. The molecular weight excluding hydrogens is 330 g/mol. The highest BCUT2D eigenvalue weighted by Crippen LogP contribution is 2.51. The Morgan fingerprint density at radius 3 is 2.79 bits per heavy atom. The minimum Gasteiger partial charge on any atom is -0.387 e. The van der Waals surface area contributed by atoms with E-state index in [9.17, 15) is 9.90 Å². The van der Waals surface area contributed by atoms with E-state index in [0.717, 1.165) is 29.3 Å². The van der Waals surface area contributed by atoms with Crippen molar-refractivity contribution in [2.24, 2.45) is 5.92 Å². The van der Waals surface area contributed by atoms with Gasteiger partial charge >= 0.3 is 0 Å². The molecule has 0 saturated carbocycles. The van der Waals surface area contributed by atoms with E-state index in [1.807, 2.05) is 23.7 Å². The number of rotatable bonds is 2. The average Bonchev–Trinajstić information content (AvgIpc) is 3.11. The zero-order valence-electron chi connectivity index (χ0n) is 13.4. The summed E-state index contributed by atoms with van der Waals surface area (Å²) >= 11 is 6.18. The third-order valence-corrected chi connectivity index (χ3v) is 5.99. The van der Waals surface area contributed by atoms with Crippen molar-refractivity contribution in [2.45, 2.75) is 31.4 Å². The Hall–Kier alpha value is -1.63. The Bertz CT molecular complexity index is 813. The van der Waals surface area contributed by atoms with Gasteiger partial charge in [-0.05, 0) is 37.8 Å². The molecule has 6 nitrogen and oxygen atoms in total. The molecule has 0 spiro atoms. The van der Waals surface area contributed by atoms with E-state index in [1.54, 1.807) is 11.1 Å². The number of hydrogen-bond acceptors (Lipinski definition) is 4. The SMILES string of the molecule is CC1(C2CCN(C(=O)CO)CC2)C(O)c2cc(Cl)cc3cnn1c23. The molecule has 2 N–H and O–H groups in total. The Morgan fingerprint density at radius 1 is 1.42 bits per heavy atom. The summed E-state index contributed by atoms with van der Waals surface area (Å²) in [4.78, 5) is 13.3. The summed E-state index contributed by atoms with van der Waals surface area (Å²) < 4.78 is 1.94. The smallest absolute Gasteiger partial charge is 0.248 e. The lowest BCUT2D eigenvalue weighted by Crippen LogP contribution is -2.48. The van der Waals surface area contributed by atoms with Crippen molar-refractivity contribution in [3.05, 3.63) is 28.9 Å². The second-order valence-electron chi connectivity index (χ2n) is 6.93. The van der Waals surface area contributed by atoms with Crippen molar-refractivity contribution in [1.82, 2.24) is 14.7 Å². The molecule has 2 aromatic rings. The summed E-state index contributed by atoms with van der Waals surface area (Å²) in [6.07, 6.45) is 2.65. The number of nitrogens with zero attached hydrogens (tertiary/aromatic N) is 3. The van der Waals surface area contributed by atoms with Gasteiger partial charge in [-0.3, -0.25) is 9.48 Å². The van der Waals surface area contributed by atoms with Gasteiger partial charge in [0.1, 0.15) is 12.7 Å². The first-order chi connectivity index (χ1) is 11.5. The van der Waals surface area contributed by atoms with Gasteiger partial charge in [-0.15, -0.1) is 0 Å². The summed E-state index contributed by atoms with van der Waals surface area (Å²) in [7, 11) is 0. The average molecular weight is 350 g/mol. The quantitative estimate of drug-likeness (QED) is 0.864. The van der Waals surface area contributed by atoms with Crippen LogP contribution in [0.2, 0.25) is 5.02 Å². The Labute approximate surface area is 144 Å². The molecule has 2 aliphatic heterocycles. The fourth-order valence-electron chi connectivity index (χ4n) is 4.38. The maximum absolute atomic E-state index is 11.7. The van der Waals surface area contributed by atoms with Crippen LogP contribution < -0.4 is 0 Å². The van der Waals surface area contributed by atoms with Gasteiger partial charge in [0, 0.05) is 29.1 Å². The molecule has 0 bridgehead atoms. The van der Waals surface area contributed by atoms with Crippen LogP contribution in [0, 0.1) is 5.92 Å². The first kappa shape index (κ1) is 15.9. The van der Waals surface area contributed by atoms with Crippen molar-refractivity contribution >= 4 is 28.4 Å². The highest BCUT2D eigenvalue weighted by atomic mass is 35.5. The predicted octanol–water partition coefficient (Wildman–Crippen LogP) is 1.68. The summed E-state index contributed by atoms with van der Waals surface area (Å²) in [5.74, 6) is -0.0494. The van der Waals surface area contributed by atoms with E-state index >= 15 is 0 Å². The monoisotopic (exact) mass is 349 g/mol. The first-order valence-corrected chi connectivity index (χ1v) is 8.59. The lowest BCUT2D eigenvalue weighted by atomic mass is 9.75. The van der Waals surface area contributed by atoms with Gasteiger partial charge in [0.15, 0.2) is 0 Å². The molecule has 0 radical (unpaired) electrons. The number of hydrogen-bond donors (Lipinski definition) is 2. The summed E-state index contributed by atoms with van der Waals surface area (Å²) in [5.41, 5.74) is 1.22. The molecule has 7 heteroatoms. The third-order valence-electron chi connectivity index (χ3n) is 5.77. The van der Waals surface area contributed by atoms with Gasteiger partial charge in [-0.25, -0.2) is 0 Å². The molecule has 1 amide bonds. The van der Waals surface area contributed by atoms with Crippen molar-refractivity contribution in [2.75, 3.05) is 19.7 Å². The maximum atomic E-state index is 11.7. The van der Waals surface area contributed by atoms with Crippen LogP contribution in [-0.4, -0.2) is 50.5 Å². The molecule has 2 atom stereocenters. The lowest BCUT2D eigenvalue weighted by Gasteiger charge is -2.42. The minimum absolute atomic E-state index is 0.185. The fourth-order valence-corrected chi connectivity index (χ4v) is 4.61. The van der Waals surface area contributed by atoms with Crippen LogP contribution in [0.15, 0.2) is 18.3 Å². The maximum Gasteiger partial charge on any atom is 0.248 e. The number of amides is 1. The van der Waals surface area contributed by atoms with Gasteiger partial charge in [-0.1, -0.05) is 11.6 Å². The number of likely N-dealkylation sites (tertiary alicyclic amines) is 1. The lowest BCUT2D eigenvalue weighted by molar-refractivity contribution is -0.136. The van der Waals surface area contributed by atoms with E-state index in [-0.39, 0.29) is 11.8 Å². The highest BCUT2D eigenvalue weighted by Gasteiger charge is 2.50. The molecule has 3 heterocycles. The van der Waals surface area contributed by atoms with Crippen LogP contribution in [0.25, 0.3) is 10.9 Å². The van der Waals surface area contributed by atoms with Gasteiger partial charge in [0.25, 0.3) is 0 Å². The topological polar surface area (TPSA) is 78.6 Å². The number of halogens is 1. The summed E-state index contributed by atoms with van der Waals surface area (Å²) in [5, 5.41) is 26.1. The zero-order valence-corrected chi connectivity index (χ0v) is 14.2.